The van der Waals surface area contributed by atoms with Gasteiger partial charge in [-0.2, -0.15) is 0 Å². The Bertz CT molecular complexity index is 517. The van der Waals surface area contributed by atoms with Crippen molar-refractivity contribution in [3.05, 3.63) is 35.1 Å². The molecule has 2 unspecified atom stereocenters. The maximum atomic E-state index is 14.0. The average molecular weight is 345 g/mol. The fourth-order valence-corrected chi connectivity index (χ4v) is 2.86. The first-order valence-corrected chi connectivity index (χ1v) is 7.96. The highest BCUT2D eigenvalue weighted by molar-refractivity contribution is 5.85. The summed E-state index contributed by atoms with van der Waals surface area (Å²) in [6, 6.07) is 5.29. The van der Waals surface area contributed by atoms with E-state index in [1.165, 1.54) is 6.07 Å². The number of carbonyl (C=O) groups is 1. The van der Waals surface area contributed by atoms with Crippen LogP contribution >= 0.6 is 12.4 Å². The number of nitrogens with zero attached hydrogens (tertiary/aromatic N) is 1. The maximum Gasteiger partial charge on any atom is 0.410 e. The minimum atomic E-state index is -0.376. The molecule has 1 aromatic carbocycles. The zero-order chi connectivity index (χ0) is 16.1. The summed E-state index contributed by atoms with van der Waals surface area (Å²) in [5.41, 5.74) is 1.39. The fourth-order valence-electron chi connectivity index (χ4n) is 2.86. The number of hydrogen-bond acceptors (Lipinski definition) is 3. The lowest BCUT2D eigenvalue weighted by Crippen LogP contribution is -2.57. The number of nitrogens with one attached hydrogen (secondary N) is 1. The van der Waals surface area contributed by atoms with E-state index in [9.17, 15) is 9.18 Å². The lowest BCUT2D eigenvalue weighted by molar-refractivity contribution is 0.0558. The SMILES string of the molecule is CCCc1ccc(COC(=O)N2C(C)CNCC2C)c(F)c1.Cl. The Labute approximate surface area is 143 Å². The Kier molecular flexibility index (Phi) is 7.79. The molecule has 1 aliphatic heterocycles. The number of benzene rings is 1. The summed E-state index contributed by atoms with van der Waals surface area (Å²) in [6.45, 7) is 7.48. The van der Waals surface area contributed by atoms with E-state index < -0.39 is 0 Å². The smallest absolute Gasteiger partial charge is 0.410 e. The number of carbonyl (C=O) groups excluding carboxylic acids is 1. The van der Waals surface area contributed by atoms with Gasteiger partial charge in [0.2, 0.25) is 0 Å². The molecule has 1 saturated heterocycles. The van der Waals surface area contributed by atoms with Crippen molar-refractivity contribution >= 4 is 18.5 Å². The maximum absolute atomic E-state index is 14.0. The molecule has 1 aliphatic rings. The molecule has 1 N–H and O–H groups in total. The second kappa shape index (κ2) is 9.08. The quantitative estimate of drug-likeness (QED) is 0.908. The normalized spacial score (nSPS) is 20.8. The van der Waals surface area contributed by atoms with Gasteiger partial charge in [-0.05, 0) is 31.9 Å². The van der Waals surface area contributed by atoms with E-state index in [1.54, 1.807) is 11.0 Å². The van der Waals surface area contributed by atoms with Crippen LogP contribution in [-0.2, 0) is 17.8 Å². The van der Waals surface area contributed by atoms with E-state index in [1.807, 2.05) is 19.9 Å². The Morgan fingerprint density at radius 2 is 2.00 bits per heavy atom. The number of halogens is 2. The highest BCUT2D eigenvalue weighted by atomic mass is 35.5. The van der Waals surface area contributed by atoms with Crippen molar-refractivity contribution in [3.63, 3.8) is 0 Å². The van der Waals surface area contributed by atoms with E-state index in [2.05, 4.69) is 12.2 Å². The molecule has 2 atom stereocenters. The third-order valence-corrected chi connectivity index (χ3v) is 4.05. The molecule has 2 rings (SSSR count). The highest BCUT2D eigenvalue weighted by Crippen LogP contribution is 2.16. The number of piperazine rings is 1. The number of aryl methyl sites for hydroxylation is 1. The Morgan fingerprint density at radius 1 is 1.35 bits per heavy atom. The molecule has 23 heavy (non-hydrogen) atoms. The summed E-state index contributed by atoms with van der Waals surface area (Å²) >= 11 is 0. The van der Waals surface area contributed by atoms with Gasteiger partial charge in [0, 0.05) is 30.7 Å². The van der Waals surface area contributed by atoms with Gasteiger partial charge >= 0.3 is 6.09 Å². The van der Waals surface area contributed by atoms with E-state index >= 15 is 0 Å². The van der Waals surface area contributed by atoms with Crippen LogP contribution in [0.2, 0.25) is 0 Å². The van der Waals surface area contributed by atoms with Crippen LogP contribution in [0.15, 0.2) is 18.2 Å². The van der Waals surface area contributed by atoms with Crippen LogP contribution in [0, 0.1) is 5.82 Å². The van der Waals surface area contributed by atoms with Crippen LogP contribution in [0.1, 0.15) is 38.3 Å². The summed E-state index contributed by atoms with van der Waals surface area (Å²) in [5, 5.41) is 3.26. The van der Waals surface area contributed by atoms with Gasteiger partial charge in [0.15, 0.2) is 0 Å². The Morgan fingerprint density at radius 3 is 2.57 bits per heavy atom. The molecule has 4 nitrogen and oxygen atoms in total. The third kappa shape index (κ3) is 5.08. The molecule has 1 amide bonds. The molecule has 0 saturated carbocycles. The van der Waals surface area contributed by atoms with E-state index in [-0.39, 0.29) is 43.0 Å². The standard InChI is InChI=1S/C17H25FN2O2.ClH/c1-4-5-14-6-7-15(16(18)8-14)11-22-17(21)20-12(2)9-19-10-13(20)3;/h6-8,12-13,19H,4-5,9-11H2,1-3H3;1H. The molecule has 1 heterocycles. The van der Waals surface area contributed by atoms with Gasteiger partial charge in [-0.15, -0.1) is 12.4 Å². The number of ether oxygens (including phenoxy) is 1. The second-order valence-electron chi connectivity index (χ2n) is 5.99. The summed E-state index contributed by atoms with van der Waals surface area (Å²) in [6.07, 6.45) is 1.46. The molecule has 0 spiro atoms. The van der Waals surface area contributed by atoms with E-state index in [4.69, 9.17) is 4.74 Å². The van der Waals surface area contributed by atoms with Crippen molar-refractivity contribution < 1.29 is 13.9 Å². The Hall–Kier alpha value is -1.33. The Balaban J connectivity index is 0.00000264. The van der Waals surface area contributed by atoms with Gasteiger partial charge in [0.25, 0.3) is 0 Å². The monoisotopic (exact) mass is 344 g/mol. The van der Waals surface area contributed by atoms with Crippen LogP contribution in [-0.4, -0.2) is 36.2 Å². The lowest BCUT2D eigenvalue weighted by Gasteiger charge is -2.38. The first-order chi connectivity index (χ1) is 10.5. The van der Waals surface area contributed by atoms with Crippen LogP contribution in [0.5, 0.6) is 0 Å². The minimum Gasteiger partial charge on any atom is -0.444 e. The van der Waals surface area contributed by atoms with E-state index in [0.29, 0.717) is 5.56 Å². The molecule has 6 heteroatoms. The van der Waals surface area contributed by atoms with Gasteiger partial charge in [0.05, 0.1) is 0 Å². The average Bonchev–Trinajstić information content (AvgIpc) is 2.46. The first kappa shape index (κ1) is 19.7. The second-order valence-corrected chi connectivity index (χ2v) is 5.99. The van der Waals surface area contributed by atoms with E-state index in [0.717, 1.165) is 31.5 Å². The molecular formula is C17H26ClFN2O2. The number of amides is 1. The highest BCUT2D eigenvalue weighted by Gasteiger charge is 2.30. The lowest BCUT2D eigenvalue weighted by atomic mass is 10.1. The van der Waals surface area contributed by atoms with Crippen LogP contribution in [0.4, 0.5) is 9.18 Å². The van der Waals surface area contributed by atoms with Crippen LogP contribution in [0.3, 0.4) is 0 Å². The van der Waals surface area contributed by atoms with Crippen LogP contribution < -0.4 is 5.32 Å². The molecule has 0 radical (unpaired) electrons. The van der Waals surface area contributed by atoms with Crippen molar-refractivity contribution in [2.45, 2.75) is 52.3 Å². The molecular weight excluding hydrogens is 319 g/mol. The summed E-state index contributed by atoms with van der Waals surface area (Å²) in [7, 11) is 0. The zero-order valence-electron chi connectivity index (χ0n) is 14.0. The predicted molar refractivity (Wildman–Crippen MR) is 91.5 cm³/mol. The predicted octanol–water partition coefficient (Wildman–Crippen LogP) is 3.52. The van der Waals surface area contributed by atoms with Crippen molar-refractivity contribution in [3.8, 4) is 0 Å². The number of rotatable bonds is 4. The topological polar surface area (TPSA) is 41.6 Å². The summed E-state index contributed by atoms with van der Waals surface area (Å²) < 4.78 is 19.3. The van der Waals surface area contributed by atoms with Gasteiger partial charge in [-0.3, -0.25) is 0 Å². The molecule has 1 aromatic rings. The summed E-state index contributed by atoms with van der Waals surface area (Å²) in [4.78, 5) is 13.9. The molecule has 0 aliphatic carbocycles. The summed E-state index contributed by atoms with van der Waals surface area (Å²) in [5.74, 6) is -0.305. The molecule has 1 fully saturated rings. The van der Waals surface area contributed by atoms with Crippen molar-refractivity contribution in [1.82, 2.24) is 10.2 Å². The van der Waals surface area contributed by atoms with Gasteiger partial charge in [-0.25, -0.2) is 9.18 Å². The molecule has 0 bridgehead atoms. The molecule has 130 valence electrons. The van der Waals surface area contributed by atoms with Gasteiger partial charge in [0.1, 0.15) is 12.4 Å². The van der Waals surface area contributed by atoms with Gasteiger partial charge < -0.3 is 15.0 Å². The van der Waals surface area contributed by atoms with Crippen molar-refractivity contribution in [1.29, 1.82) is 0 Å². The largest absolute Gasteiger partial charge is 0.444 e. The third-order valence-electron chi connectivity index (χ3n) is 4.05. The fraction of sp³-hybridized carbons (Fsp3) is 0.588. The molecule has 0 aromatic heterocycles. The van der Waals surface area contributed by atoms with Crippen LogP contribution in [0.25, 0.3) is 0 Å². The zero-order valence-corrected chi connectivity index (χ0v) is 14.8. The minimum absolute atomic E-state index is 0. The number of hydrogen-bond donors (Lipinski definition) is 1. The van der Waals surface area contributed by atoms with Crippen molar-refractivity contribution in [2.24, 2.45) is 0 Å². The first-order valence-electron chi connectivity index (χ1n) is 7.96. The van der Waals surface area contributed by atoms with Gasteiger partial charge in [-0.1, -0.05) is 25.5 Å². The van der Waals surface area contributed by atoms with Crippen molar-refractivity contribution in [2.75, 3.05) is 13.1 Å².